The lowest BCUT2D eigenvalue weighted by Gasteiger charge is -2.39. The molecule has 14 heteroatoms. The number of aliphatic hydroxyl groups is 5. The Morgan fingerprint density at radius 2 is 1.70 bits per heavy atom. The van der Waals surface area contributed by atoms with Crippen molar-refractivity contribution < 1.29 is 35.1 Å². The number of anilines is 1. The van der Waals surface area contributed by atoms with Gasteiger partial charge in [0.05, 0.1) is 43.2 Å². The lowest BCUT2D eigenvalue weighted by atomic mass is 9.92. The third-order valence-electron chi connectivity index (χ3n) is 8.09. The molecular weight excluding hydrogens is 580 g/mol. The van der Waals surface area contributed by atoms with E-state index in [0.717, 1.165) is 50.3 Å². The number of rotatable bonds is 16. The average molecular weight is 623 g/mol. The molecule has 4 heterocycles. The molecular formula is C29H43ClN6O7. The van der Waals surface area contributed by atoms with Gasteiger partial charge in [0, 0.05) is 57.4 Å². The summed E-state index contributed by atoms with van der Waals surface area (Å²) in [5.41, 5.74) is 0.816. The zero-order valence-electron chi connectivity index (χ0n) is 24.2. The number of carbonyl (C=O) groups excluding carboxylic acids is 1. The number of aromatic nitrogens is 3. The van der Waals surface area contributed by atoms with Crippen molar-refractivity contribution in [1.29, 1.82) is 0 Å². The maximum atomic E-state index is 12.6. The molecule has 0 aliphatic carbocycles. The number of hydrogen-bond acceptors (Lipinski definition) is 12. The molecule has 6 N–H and O–H groups in total. The number of aliphatic hydroxyl groups excluding tert-OH is 5. The Bertz CT molecular complexity index is 1120. The molecule has 0 bridgehead atoms. The van der Waals surface area contributed by atoms with Gasteiger partial charge < -0.3 is 45.4 Å². The molecule has 2 aromatic rings. The summed E-state index contributed by atoms with van der Waals surface area (Å²) in [6.07, 6.45) is 3.34. The van der Waals surface area contributed by atoms with Gasteiger partial charge in [-0.1, -0.05) is 17.7 Å². The second kappa shape index (κ2) is 16.4. The van der Waals surface area contributed by atoms with E-state index in [9.17, 15) is 25.2 Å². The Hall–Kier alpha value is -2.65. The van der Waals surface area contributed by atoms with Gasteiger partial charge in [0.25, 0.3) is 0 Å². The van der Waals surface area contributed by atoms with E-state index >= 15 is 0 Å². The van der Waals surface area contributed by atoms with Gasteiger partial charge in [0.2, 0.25) is 17.7 Å². The summed E-state index contributed by atoms with van der Waals surface area (Å²) < 4.78 is 5.82. The van der Waals surface area contributed by atoms with Crippen LogP contribution >= 0.6 is 11.6 Å². The molecule has 2 aliphatic rings. The van der Waals surface area contributed by atoms with Crippen molar-refractivity contribution in [2.75, 3.05) is 57.4 Å². The third kappa shape index (κ3) is 9.93. The van der Waals surface area contributed by atoms with Gasteiger partial charge in [0.15, 0.2) is 0 Å². The first-order valence-corrected chi connectivity index (χ1v) is 15.2. The molecule has 0 saturated carbocycles. The van der Waals surface area contributed by atoms with Gasteiger partial charge in [-0.3, -0.25) is 4.79 Å². The number of amides is 1. The molecule has 4 atom stereocenters. The smallest absolute Gasteiger partial charge is 0.227 e. The molecule has 238 valence electrons. The summed E-state index contributed by atoms with van der Waals surface area (Å²) in [5, 5.41) is 51.3. The van der Waals surface area contributed by atoms with E-state index in [4.69, 9.17) is 21.4 Å². The molecule has 2 saturated heterocycles. The average Bonchev–Trinajstić information content (AvgIpc) is 3.00. The van der Waals surface area contributed by atoms with Gasteiger partial charge in [-0.05, 0) is 37.2 Å². The molecule has 0 aromatic carbocycles. The zero-order valence-corrected chi connectivity index (χ0v) is 25.0. The van der Waals surface area contributed by atoms with Crippen LogP contribution in [0.15, 0.2) is 30.7 Å². The van der Waals surface area contributed by atoms with Gasteiger partial charge in [-0.25, -0.2) is 15.0 Å². The van der Waals surface area contributed by atoms with E-state index in [1.807, 2.05) is 6.07 Å². The van der Waals surface area contributed by atoms with Gasteiger partial charge in [0.1, 0.15) is 18.3 Å². The lowest BCUT2D eigenvalue weighted by molar-refractivity contribution is -0.136. The topological polar surface area (TPSA) is 185 Å². The Balaban J connectivity index is 1.05. The number of likely N-dealkylation sites (tertiary alicyclic amines) is 1. The number of ether oxygens (including phenoxy) is 1. The minimum atomic E-state index is -1.65. The second-order valence-electron chi connectivity index (χ2n) is 11.4. The summed E-state index contributed by atoms with van der Waals surface area (Å²) in [6, 6.07) is 3.66. The molecule has 0 spiro atoms. The minimum absolute atomic E-state index is 0.00119. The van der Waals surface area contributed by atoms with Crippen LogP contribution < -0.4 is 15.0 Å². The quantitative estimate of drug-likeness (QED) is 0.134. The van der Waals surface area contributed by atoms with Crippen molar-refractivity contribution in [3.05, 3.63) is 41.3 Å². The van der Waals surface area contributed by atoms with Crippen LogP contribution in [0.5, 0.6) is 5.88 Å². The van der Waals surface area contributed by atoms with Crippen molar-refractivity contribution in [3.8, 4) is 5.88 Å². The zero-order chi connectivity index (χ0) is 30.8. The number of piperidine rings is 1. The summed E-state index contributed by atoms with van der Waals surface area (Å²) >= 11 is 5.88. The Kier molecular flexibility index (Phi) is 12.7. The maximum absolute atomic E-state index is 12.6. The van der Waals surface area contributed by atoms with E-state index < -0.39 is 31.0 Å². The number of nitrogens with zero attached hydrogens (tertiary/aromatic N) is 5. The van der Waals surface area contributed by atoms with Crippen LogP contribution in [0.25, 0.3) is 0 Å². The monoisotopic (exact) mass is 622 g/mol. The fourth-order valence-electron chi connectivity index (χ4n) is 5.35. The van der Waals surface area contributed by atoms with Gasteiger partial charge >= 0.3 is 0 Å². The number of pyridine rings is 1. The molecule has 0 radical (unpaired) electrons. The van der Waals surface area contributed by atoms with E-state index in [1.165, 1.54) is 0 Å². The highest BCUT2D eigenvalue weighted by molar-refractivity contribution is 6.30. The second-order valence-corrected chi connectivity index (χ2v) is 11.9. The SMILES string of the molecule is O=C(Cc1ccc(OCCCC2CCN(c3ncc(Cl)cn3)CC2)nc1)N1CC(CNCC(O)C(O)C(O)C(O)CO)C1. The fraction of sp³-hybridized carbons (Fsp3) is 0.655. The molecule has 2 aliphatic heterocycles. The summed E-state index contributed by atoms with van der Waals surface area (Å²) in [6.45, 7) is 3.43. The van der Waals surface area contributed by atoms with E-state index in [0.29, 0.717) is 43.1 Å². The van der Waals surface area contributed by atoms with Crippen molar-refractivity contribution in [2.45, 2.75) is 56.5 Å². The predicted octanol–water partition coefficient (Wildman–Crippen LogP) is -0.373. The lowest BCUT2D eigenvalue weighted by Crippen LogP contribution is -2.55. The van der Waals surface area contributed by atoms with Crippen molar-refractivity contribution >= 4 is 23.5 Å². The molecule has 43 heavy (non-hydrogen) atoms. The number of halogens is 1. The summed E-state index contributed by atoms with van der Waals surface area (Å²) in [4.78, 5) is 29.6. The van der Waals surface area contributed by atoms with Crippen LogP contribution in [0.1, 0.15) is 31.2 Å². The number of hydrogen-bond donors (Lipinski definition) is 6. The van der Waals surface area contributed by atoms with E-state index in [1.54, 1.807) is 29.6 Å². The predicted molar refractivity (Wildman–Crippen MR) is 159 cm³/mol. The highest BCUT2D eigenvalue weighted by atomic mass is 35.5. The van der Waals surface area contributed by atoms with E-state index in [-0.39, 0.29) is 24.8 Å². The summed E-state index contributed by atoms with van der Waals surface area (Å²) in [5.74, 6) is 2.15. The van der Waals surface area contributed by atoms with Crippen LogP contribution in [-0.2, 0) is 11.2 Å². The number of carbonyl (C=O) groups is 1. The normalized spacial score (nSPS) is 19.0. The Morgan fingerprint density at radius 1 is 1.00 bits per heavy atom. The maximum Gasteiger partial charge on any atom is 0.227 e. The van der Waals surface area contributed by atoms with Crippen molar-refractivity contribution in [1.82, 2.24) is 25.2 Å². The summed E-state index contributed by atoms with van der Waals surface area (Å²) in [7, 11) is 0. The molecule has 4 rings (SSSR count). The number of nitrogens with one attached hydrogen (secondary N) is 1. The minimum Gasteiger partial charge on any atom is -0.478 e. The van der Waals surface area contributed by atoms with Crippen LogP contribution in [-0.4, -0.2) is 128 Å². The van der Waals surface area contributed by atoms with Crippen LogP contribution in [0.3, 0.4) is 0 Å². The standard InChI is InChI=1S/C29H43ClN6O7/c30-22-13-33-29(34-14-22)35-7-5-19(6-8-35)2-1-9-43-25-4-3-20(12-32-25)10-26(40)36-16-21(17-36)11-31-15-23(38)27(41)28(42)24(39)18-37/h3-4,12-14,19,21,23-24,27-28,31,37-39,41-42H,1-2,5-11,15-18H2. The first-order valence-electron chi connectivity index (χ1n) is 14.8. The molecule has 4 unspecified atom stereocenters. The first kappa shape index (κ1) is 33.2. The largest absolute Gasteiger partial charge is 0.478 e. The van der Waals surface area contributed by atoms with Crippen LogP contribution in [0.4, 0.5) is 5.95 Å². The van der Waals surface area contributed by atoms with Crippen LogP contribution in [0.2, 0.25) is 5.02 Å². The Morgan fingerprint density at radius 3 is 2.35 bits per heavy atom. The Labute approximate surface area is 256 Å². The third-order valence-corrected chi connectivity index (χ3v) is 8.28. The van der Waals surface area contributed by atoms with Crippen molar-refractivity contribution in [2.24, 2.45) is 11.8 Å². The fourth-order valence-corrected chi connectivity index (χ4v) is 5.45. The van der Waals surface area contributed by atoms with Crippen LogP contribution in [0, 0.1) is 11.8 Å². The molecule has 2 fully saturated rings. The van der Waals surface area contributed by atoms with Crippen molar-refractivity contribution in [3.63, 3.8) is 0 Å². The molecule has 2 aromatic heterocycles. The highest BCUT2D eigenvalue weighted by Crippen LogP contribution is 2.25. The van der Waals surface area contributed by atoms with Gasteiger partial charge in [-0.2, -0.15) is 0 Å². The highest BCUT2D eigenvalue weighted by Gasteiger charge is 2.32. The van der Waals surface area contributed by atoms with E-state index in [2.05, 4.69) is 25.2 Å². The molecule has 1 amide bonds. The molecule has 13 nitrogen and oxygen atoms in total. The van der Waals surface area contributed by atoms with Gasteiger partial charge in [-0.15, -0.1) is 0 Å². The first-order chi connectivity index (χ1) is 20.7.